The van der Waals surface area contributed by atoms with Crippen molar-refractivity contribution in [2.75, 3.05) is 19.6 Å². The number of nitrogens with one attached hydrogen (secondary N) is 1. The van der Waals surface area contributed by atoms with Gasteiger partial charge in [-0.2, -0.15) is 0 Å². The van der Waals surface area contributed by atoms with Crippen LogP contribution >= 0.6 is 0 Å². The summed E-state index contributed by atoms with van der Waals surface area (Å²) in [5.41, 5.74) is 4.06. The summed E-state index contributed by atoms with van der Waals surface area (Å²) < 4.78 is 0. The molecule has 2 N–H and O–H groups in total. The molecule has 0 aromatic heterocycles. The van der Waals surface area contributed by atoms with Gasteiger partial charge >= 0.3 is 0 Å². The second-order valence-electron chi connectivity index (χ2n) is 6.97. The van der Waals surface area contributed by atoms with E-state index in [9.17, 15) is 9.90 Å². The van der Waals surface area contributed by atoms with Gasteiger partial charge in [0.05, 0.1) is 5.57 Å². The van der Waals surface area contributed by atoms with E-state index in [-0.39, 0.29) is 11.7 Å². The fourth-order valence-electron chi connectivity index (χ4n) is 4.10. The van der Waals surface area contributed by atoms with Crippen molar-refractivity contribution < 1.29 is 9.90 Å². The van der Waals surface area contributed by atoms with E-state index in [0.717, 1.165) is 49.2 Å². The number of benzene rings is 1. The number of rotatable bonds is 2. The number of hydrogen-bond donors (Lipinski definition) is 2. The van der Waals surface area contributed by atoms with Gasteiger partial charge in [-0.25, -0.2) is 0 Å². The van der Waals surface area contributed by atoms with Crippen molar-refractivity contribution in [3.63, 3.8) is 0 Å². The first-order valence-corrected chi connectivity index (χ1v) is 8.45. The van der Waals surface area contributed by atoms with Gasteiger partial charge in [0.15, 0.2) is 0 Å². The maximum absolute atomic E-state index is 12.7. The number of piperidine rings is 1. The van der Waals surface area contributed by atoms with Crippen molar-refractivity contribution in [1.29, 1.82) is 0 Å². The quantitative estimate of drug-likeness (QED) is 0.882. The monoisotopic (exact) mass is 314 g/mol. The molecular weight excluding hydrogens is 288 g/mol. The van der Waals surface area contributed by atoms with Gasteiger partial charge in [0.1, 0.15) is 11.3 Å². The third-order valence-corrected chi connectivity index (χ3v) is 5.35. The Balaban J connectivity index is 2.04. The molecule has 0 radical (unpaired) electrons. The van der Waals surface area contributed by atoms with E-state index in [1.54, 1.807) is 0 Å². The van der Waals surface area contributed by atoms with Crippen LogP contribution in [-0.2, 0) is 4.79 Å². The van der Waals surface area contributed by atoms with E-state index in [2.05, 4.69) is 36.2 Å². The molecule has 4 nitrogen and oxygen atoms in total. The Morgan fingerprint density at radius 3 is 2.26 bits per heavy atom. The zero-order valence-corrected chi connectivity index (χ0v) is 14.5. The predicted octanol–water partition coefficient (Wildman–Crippen LogP) is 2.87. The number of likely N-dealkylation sites (tertiary alicyclic amines) is 1. The molecule has 1 aromatic rings. The molecule has 1 saturated heterocycles. The average molecular weight is 314 g/mol. The molecule has 0 saturated carbocycles. The van der Waals surface area contributed by atoms with Crippen molar-refractivity contribution in [3.05, 3.63) is 40.1 Å². The van der Waals surface area contributed by atoms with Gasteiger partial charge in [-0.1, -0.05) is 24.6 Å². The molecule has 23 heavy (non-hydrogen) atoms. The fourth-order valence-corrected chi connectivity index (χ4v) is 4.10. The number of aryl methyl sites for hydroxylation is 3. The molecule has 4 heteroatoms. The van der Waals surface area contributed by atoms with Crippen LogP contribution in [0.2, 0.25) is 0 Å². The molecule has 1 aromatic carbocycles. The molecule has 0 unspecified atom stereocenters. The lowest BCUT2D eigenvalue weighted by atomic mass is 9.84. The van der Waals surface area contributed by atoms with Crippen LogP contribution in [0.15, 0.2) is 17.9 Å². The normalized spacial score (nSPS) is 21.1. The minimum Gasteiger partial charge on any atom is -0.509 e. The van der Waals surface area contributed by atoms with Crippen molar-refractivity contribution >= 4 is 11.5 Å². The maximum Gasteiger partial charge on any atom is 0.256 e. The first-order chi connectivity index (χ1) is 10.9. The third kappa shape index (κ3) is 2.55. The third-order valence-electron chi connectivity index (χ3n) is 5.35. The second kappa shape index (κ2) is 5.68. The summed E-state index contributed by atoms with van der Waals surface area (Å²) in [6.45, 7) is 11.0. The van der Waals surface area contributed by atoms with Gasteiger partial charge < -0.3 is 15.3 Å². The number of hydrogen-bond acceptors (Lipinski definition) is 3. The first-order valence-electron chi connectivity index (χ1n) is 8.45. The van der Waals surface area contributed by atoms with E-state index in [1.165, 1.54) is 5.56 Å². The molecule has 2 heterocycles. The lowest BCUT2D eigenvalue weighted by Gasteiger charge is -2.38. The average Bonchev–Trinajstić information content (AvgIpc) is 2.72. The van der Waals surface area contributed by atoms with Crippen LogP contribution in [0.5, 0.6) is 0 Å². The van der Waals surface area contributed by atoms with Gasteiger partial charge in [-0.15, -0.1) is 0 Å². The summed E-state index contributed by atoms with van der Waals surface area (Å²) >= 11 is 0. The smallest absolute Gasteiger partial charge is 0.256 e. The highest BCUT2D eigenvalue weighted by Gasteiger charge is 2.47. The van der Waals surface area contributed by atoms with Crippen LogP contribution in [0.4, 0.5) is 0 Å². The molecule has 1 spiro atoms. The highest BCUT2D eigenvalue weighted by atomic mass is 16.3. The van der Waals surface area contributed by atoms with E-state index in [1.807, 2.05) is 13.8 Å². The SMILES string of the molecule is CCN1CCC2(CC1)NC(=O)C(c1c(C)cc(C)cc1C)=C2O. The van der Waals surface area contributed by atoms with Crippen LogP contribution in [0.25, 0.3) is 5.57 Å². The first kappa shape index (κ1) is 16.1. The van der Waals surface area contributed by atoms with Crippen LogP contribution in [0.1, 0.15) is 42.0 Å². The molecular formula is C19H26N2O2. The number of carbonyl (C=O) groups excluding carboxylic acids is 1. The van der Waals surface area contributed by atoms with Crippen LogP contribution in [0, 0.1) is 20.8 Å². The lowest BCUT2D eigenvalue weighted by molar-refractivity contribution is -0.116. The van der Waals surface area contributed by atoms with Crippen molar-refractivity contribution in [3.8, 4) is 0 Å². The zero-order chi connectivity index (χ0) is 16.8. The molecule has 1 fully saturated rings. The van der Waals surface area contributed by atoms with Gasteiger partial charge in [-0.05, 0) is 56.8 Å². The van der Waals surface area contributed by atoms with Crippen LogP contribution in [-0.4, -0.2) is 41.1 Å². The summed E-state index contributed by atoms with van der Waals surface area (Å²) in [5.74, 6) is 0.107. The molecule has 2 aliphatic rings. The Bertz CT molecular complexity index is 660. The molecule has 124 valence electrons. The van der Waals surface area contributed by atoms with Gasteiger partial charge in [0.2, 0.25) is 0 Å². The summed E-state index contributed by atoms with van der Waals surface area (Å²) in [5, 5.41) is 14.0. The number of aliphatic hydroxyl groups excluding tert-OH is 1. The lowest BCUT2D eigenvalue weighted by Crippen LogP contribution is -2.52. The van der Waals surface area contributed by atoms with Crippen LogP contribution < -0.4 is 5.32 Å². The second-order valence-corrected chi connectivity index (χ2v) is 6.97. The Morgan fingerprint density at radius 1 is 1.17 bits per heavy atom. The van der Waals surface area contributed by atoms with E-state index in [4.69, 9.17) is 0 Å². The molecule has 0 atom stereocenters. The van der Waals surface area contributed by atoms with E-state index in [0.29, 0.717) is 5.57 Å². The van der Waals surface area contributed by atoms with Crippen molar-refractivity contribution in [2.45, 2.75) is 46.1 Å². The Morgan fingerprint density at radius 2 is 1.74 bits per heavy atom. The molecule has 1 amide bonds. The highest BCUT2D eigenvalue weighted by Crippen LogP contribution is 2.40. The van der Waals surface area contributed by atoms with Crippen LogP contribution in [0.3, 0.4) is 0 Å². The van der Waals surface area contributed by atoms with Crippen molar-refractivity contribution in [2.24, 2.45) is 0 Å². The van der Waals surface area contributed by atoms with Gasteiger partial charge in [-0.3, -0.25) is 4.79 Å². The van der Waals surface area contributed by atoms with E-state index >= 15 is 0 Å². The summed E-state index contributed by atoms with van der Waals surface area (Å²) in [6.07, 6.45) is 1.54. The number of amides is 1. The summed E-state index contributed by atoms with van der Waals surface area (Å²) in [6, 6.07) is 4.14. The fraction of sp³-hybridized carbons (Fsp3) is 0.526. The Labute approximate surface area is 138 Å². The topological polar surface area (TPSA) is 52.6 Å². The minimum atomic E-state index is -0.568. The van der Waals surface area contributed by atoms with Gasteiger partial charge in [0.25, 0.3) is 5.91 Å². The Hall–Kier alpha value is -1.81. The largest absolute Gasteiger partial charge is 0.509 e. The standard InChI is InChI=1S/C19H26N2O2/c1-5-21-8-6-19(7-9-21)17(22)16(18(23)20-19)15-13(3)10-12(2)11-14(15)4/h10-11,22H,5-9H2,1-4H3,(H,20,23). The predicted molar refractivity (Wildman–Crippen MR) is 92.4 cm³/mol. The molecule has 3 rings (SSSR count). The minimum absolute atomic E-state index is 0.137. The zero-order valence-electron chi connectivity index (χ0n) is 14.5. The van der Waals surface area contributed by atoms with Gasteiger partial charge in [0, 0.05) is 13.1 Å². The highest BCUT2D eigenvalue weighted by molar-refractivity contribution is 6.24. The van der Waals surface area contributed by atoms with E-state index < -0.39 is 5.54 Å². The maximum atomic E-state index is 12.7. The number of carbonyl (C=O) groups is 1. The summed E-state index contributed by atoms with van der Waals surface area (Å²) in [7, 11) is 0. The molecule has 0 bridgehead atoms. The number of nitrogens with zero attached hydrogens (tertiary/aromatic N) is 1. The Kier molecular flexibility index (Phi) is 3.96. The molecule has 2 aliphatic heterocycles. The molecule has 0 aliphatic carbocycles. The number of aliphatic hydroxyl groups is 1. The van der Waals surface area contributed by atoms with Crippen molar-refractivity contribution in [1.82, 2.24) is 10.2 Å². The summed E-state index contributed by atoms with van der Waals surface area (Å²) in [4.78, 5) is 15.0.